The Morgan fingerprint density at radius 3 is 3.00 bits per heavy atom. The molecule has 5 heteroatoms. The molecule has 1 atom stereocenters. The van der Waals surface area contributed by atoms with Gasteiger partial charge in [0.15, 0.2) is 0 Å². The van der Waals surface area contributed by atoms with E-state index >= 15 is 0 Å². The Morgan fingerprint density at radius 1 is 2.00 bits per heavy atom. The van der Waals surface area contributed by atoms with Crippen LogP contribution in [0.1, 0.15) is 6.42 Å². The second-order valence-electron chi connectivity index (χ2n) is 1.48. The molecule has 5 nitrogen and oxygen atoms in total. The molecule has 0 bridgehead atoms. The molecule has 0 aromatic carbocycles. The smallest absolute Gasteiger partial charge is 0.262 e. The lowest BCUT2D eigenvalue weighted by atomic mass is 10.4. The van der Waals surface area contributed by atoms with Gasteiger partial charge in [0.25, 0.3) is 0 Å². The normalized spacial score (nSPS) is 25.2. The average Bonchev–Trinajstić information content (AvgIpc) is 2.12. The van der Waals surface area contributed by atoms with Crippen molar-refractivity contribution in [1.29, 1.82) is 0 Å². The molecular formula is C3H5N3O2. The summed E-state index contributed by atoms with van der Waals surface area (Å²) in [6.07, 6.45) is 1.20. The van der Waals surface area contributed by atoms with E-state index in [1.54, 1.807) is 0 Å². The third-order valence-electron chi connectivity index (χ3n) is 0.898. The van der Waals surface area contributed by atoms with Crippen molar-refractivity contribution in [2.75, 3.05) is 0 Å². The molecule has 1 N–H and O–H groups in total. The minimum atomic E-state index is -0.685. The lowest BCUT2D eigenvalue weighted by Crippen LogP contribution is -2.28. The monoisotopic (exact) mass is 115 g/mol. The molecule has 1 aliphatic heterocycles. The zero-order valence-corrected chi connectivity index (χ0v) is 4.07. The van der Waals surface area contributed by atoms with Crippen molar-refractivity contribution in [1.82, 2.24) is 5.43 Å². The highest BCUT2D eigenvalue weighted by Crippen LogP contribution is 1.94. The van der Waals surface area contributed by atoms with E-state index in [2.05, 4.69) is 10.5 Å². The molecular weight excluding hydrogens is 110 g/mol. The van der Waals surface area contributed by atoms with Crippen LogP contribution in [0.25, 0.3) is 0 Å². The van der Waals surface area contributed by atoms with Crippen molar-refractivity contribution in [2.45, 2.75) is 12.6 Å². The van der Waals surface area contributed by atoms with Crippen LogP contribution in [0.5, 0.6) is 0 Å². The van der Waals surface area contributed by atoms with Gasteiger partial charge >= 0.3 is 6.17 Å². The summed E-state index contributed by atoms with van der Waals surface area (Å²) in [5, 5.41) is 13.3. The second kappa shape index (κ2) is 1.77. The molecule has 0 aliphatic carbocycles. The highest BCUT2D eigenvalue weighted by atomic mass is 16.6. The standard InChI is InChI=1S/C3H5N3O2/c7-6(8)3-1-2-4-5-3/h2-3,5H,1H2. The Labute approximate surface area is 45.5 Å². The fourth-order valence-electron chi connectivity index (χ4n) is 0.477. The Morgan fingerprint density at radius 2 is 2.75 bits per heavy atom. The summed E-state index contributed by atoms with van der Waals surface area (Å²) in [5.74, 6) is 0. The maximum atomic E-state index is 9.86. The Balaban J connectivity index is 2.41. The van der Waals surface area contributed by atoms with Crippen LogP contribution < -0.4 is 5.43 Å². The zero-order valence-electron chi connectivity index (χ0n) is 4.07. The molecule has 1 rings (SSSR count). The molecule has 1 heterocycles. The molecule has 1 aliphatic rings. The van der Waals surface area contributed by atoms with E-state index in [1.165, 1.54) is 6.21 Å². The summed E-state index contributed by atoms with van der Waals surface area (Å²) in [7, 11) is 0. The predicted octanol–water partition coefficient (Wildman–Crippen LogP) is -0.432. The van der Waals surface area contributed by atoms with Gasteiger partial charge in [0.1, 0.15) is 0 Å². The summed E-state index contributed by atoms with van der Waals surface area (Å²) in [6.45, 7) is 0. The largest absolute Gasteiger partial charge is 0.303 e. The quantitative estimate of drug-likeness (QED) is 0.372. The number of nitrogens with zero attached hydrogens (tertiary/aromatic N) is 2. The molecule has 0 spiro atoms. The summed E-state index contributed by atoms with van der Waals surface area (Å²) in [5.41, 5.74) is 2.33. The Kier molecular flexibility index (Phi) is 1.11. The van der Waals surface area contributed by atoms with E-state index in [1.807, 2.05) is 0 Å². The molecule has 1 unspecified atom stereocenters. The minimum Gasteiger partial charge on any atom is -0.262 e. The number of rotatable bonds is 1. The van der Waals surface area contributed by atoms with Crippen LogP contribution in [0.2, 0.25) is 0 Å². The van der Waals surface area contributed by atoms with Crippen LogP contribution in [-0.2, 0) is 0 Å². The van der Waals surface area contributed by atoms with Gasteiger partial charge in [-0.1, -0.05) is 0 Å². The van der Waals surface area contributed by atoms with E-state index in [9.17, 15) is 10.1 Å². The van der Waals surface area contributed by atoms with E-state index in [0.29, 0.717) is 6.42 Å². The first-order chi connectivity index (χ1) is 3.80. The van der Waals surface area contributed by atoms with Gasteiger partial charge in [0, 0.05) is 11.1 Å². The topological polar surface area (TPSA) is 67.5 Å². The third-order valence-corrected chi connectivity index (χ3v) is 0.898. The van der Waals surface area contributed by atoms with Gasteiger partial charge in [-0.3, -0.25) is 10.1 Å². The van der Waals surface area contributed by atoms with Gasteiger partial charge in [-0.25, -0.2) is 5.43 Å². The third kappa shape index (κ3) is 0.749. The van der Waals surface area contributed by atoms with E-state index in [0.717, 1.165) is 0 Å². The molecule has 44 valence electrons. The van der Waals surface area contributed by atoms with Gasteiger partial charge in [-0.2, -0.15) is 5.10 Å². The number of nitrogens with one attached hydrogen (secondary N) is 1. The van der Waals surface area contributed by atoms with Crippen LogP contribution >= 0.6 is 0 Å². The predicted molar refractivity (Wildman–Crippen MR) is 27.0 cm³/mol. The molecule has 0 fully saturated rings. The maximum Gasteiger partial charge on any atom is 0.303 e. The lowest BCUT2D eigenvalue weighted by molar-refractivity contribution is -0.525. The van der Waals surface area contributed by atoms with Crippen molar-refractivity contribution < 1.29 is 4.92 Å². The van der Waals surface area contributed by atoms with E-state index < -0.39 is 11.1 Å². The number of nitro groups is 1. The molecule has 0 saturated heterocycles. The van der Waals surface area contributed by atoms with Crippen LogP contribution in [0.3, 0.4) is 0 Å². The second-order valence-corrected chi connectivity index (χ2v) is 1.48. The molecule has 8 heavy (non-hydrogen) atoms. The van der Waals surface area contributed by atoms with Crippen molar-refractivity contribution in [3.8, 4) is 0 Å². The average molecular weight is 115 g/mol. The van der Waals surface area contributed by atoms with E-state index in [4.69, 9.17) is 0 Å². The zero-order chi connectivity index (χ0) is 5.98. The summed E-state index contributed by atoms with van der Waals surface area (Å²) in [6, 6.07) is 0. The van der Waals surface area contributed by atoms with Crippen molar-refractivity contribution in [3.63, 3.8) is 0 Å². The summed E-state index contributed by atoms with van der Waals surface area (Å²) < 4.78 is 0. The number of hydrazone groups is 1. The van der Waals surface area contributed by atoms with Crippen LogP contribution in [0.15, 0.2) is 5.10 Å². The van der Waals surface area contributed by atoms with Crippen LogP contribution in [0.4, 0.5) is 0 Å². The first kappa shape index (κ1) is 5.02. The molecule has 0 aromatic heterocycles. The molecule has 0 amide bonds. The number of hydrogen-bond donors (Lipinski definition) is 1. The van der Waals surface area contributed by atoms with E-state index in [-0.39, 0.29) is 0 Å². The first-order valence-corrected chi connectivity index (χ1v) is 2.21. The highest BCUT2D eigenvalue weighted by Gasteiger charge is 2.20. The fraction of sp³-hybridized carbons (Fsp3) is 0.667. The van der Waals surface area contributed by atoms with Gasteiger partial charge in [0.05, 0.1) is 6.42 Å². The first-order valence-electron chi connectivity index (χ1n) is 2.21. The molecule has 0 aromatic rings. The fourth-order valence-corrected chi connectivity index (χ4v) is 0.477. The van der Waals surface area contributed by atoms with Gasteiger partial charge in [-0.15, -0.1) is 0 Å². The van der Waals surface area contributed by atoms with Crippen molar-refractivity contribution in [2.24, 2.45) is 5.10 Å². The minimum absolute atomic E-state index is 0.396. The summed E-state index contributed by atoms with van der Waals surface area (Å²) >= 11 is 0. The SMILES string of the molecule is O=[N+]([O-])C1CC=NN1. The van der Waals surface area contributed by atoms with Crippen molar-refractivity contribution >= 4 is 6.21 Å². The maximum absolute atomic E-state index is 9.86. The van der Waals surface area contributed by atoms with Crippen LogP contribution in [0, 0.1) is 10.1 Å². The Bertz CT molecular complexity index is 124. The highest BCUT2D eigenvalue weighted by molar-refractivity contribution is 5.59. The van der Waals surface area contributed by atoms with Crippen molar-refractivity contribution in [3.05, 3.63) is 10.1 Å². The Hall–Kier alpha value is -1.13. The molecule has 0 radical (unpaired) electrons. The lowest BCUT2D eigenvalue weighted by Gasteiger charge is -1.96. The van der Waals surface area contributed by atoms with Gasteiger partial charge in [-0.05, 0) is 0 Å². The number of hydrogen-bond acceptors (Lipinski definition) is 4. The molecule has 0 saturated carbocycles. The van der Waals surface area contributed by atoms with Gasteiger partial charge < -0.3 is 0 Å². The summed E-state index contributed by atoms with van der Waals surface area (Å²) in [4.78, 5) is 9.47. The van der Waals surface area contributed by atoms with Crippen LogP contribution in [-0.4, -0.2) is 17.3 Å². The van der Waals surface area contributed by atoms with Gasteiger partial charge in [0.2, 0.25) is 0 Å².